The molecule has 1 unspecified atom stereocenters. The fourth-order valence-corrected chi connectivity index (χ4v) is 4.75. The van der Waals surface area contributed by atoms with Crippen molar-refractivity contribution in [3.63, 3.8) is 0 Å². The van der Waals surface area contributed by atoms with Crippen LogP contribution < -0.4 is 15.4 Å². The van der Waals surface area contributed by atoms with Crippen LogP contribution >= 0.6 is 0 Å². The number of ether oxygens (including phenoxy) is 1. The lowest BCUT2D eigenvalue weighted by molar-refractivity contribution is -0.133. The van der Waals surface area contributed by atoms with Gasteiger partial charge in [-0.2, -0.15) is 0 Å². The third-order valence-corrected chi connectivity index (χ3v) is 6.89. The summed E-state index contributed by atoms with van der Waals surface area (Å²) in [4.78, 5) is 39.5. The maximum atomic E-state index is 13.6. The van der Waals surface area contributed by atoms with Crippen molar-refractivity contribution < 1.29 is 27.9 Å². The van der Waals surface area contributed by atoms with E-state index in [1.807, 2.05) is 24.3 Å². The van der Waals surface area contributed by atoms with Crippen molar-refractivity contribution in [1.82, 2.24) is 10.2 Å². The van der Waals surface area contributed by atoms with Crippen LogP contribution in [0.3, 0.4) is 0 Å². The normalized spacial score (nSPS) is 14.4. The van der Waals surface area contributed by atoms with Crippen LogP contribution in [0.15, 0.2) is 66.7 Å². The van der Waals surface area contributed by atoms with E-state index in [4.69, 9.17) is 4.74 Å². The van der Waals surface area contributed by atoms with Crippen LogP contribution in [0, 0.1) is 11.6 Å². The summed E-state index contributed by atoms with van der Waals surface area (Å²) in [5.74, 6) is -1.00. The van der Waals surface area contributed by atoms with Gasteiger partial charge in [0, 0.05) is 29.9 Å². The van der Waals surface area contributed by atoms with Crippen LogP contribution in [0.4, 0.5) is 14.5 Å². The molecule has 7 nitrogen and oxygen atoms in total. The Labute approximate surface area is 226 Å². The number of nitrogens with one attached hydrogen (secondary N) is 2. The van der Waals surface area contributed by atoms with E-state index in [2.05, 4.69) is 10.6 Å². The summed E-state index contributed by atoms with van der Waals surface area (Å²) in [6.07, 6.45) is 1.53. The number of methoxy groups -OCH3 is 1. The number of nitrogens with zero attached hydrogens (tertiary/aromatic N) is 1. The maximum Gasteiger partial charge on any atom is 0.251 e. The third kappa shape index (κ3) is 7.19. The Balaban J connectivity index is 1.26. The summed E-state index contributed by atoms with van der Waals surface area (Å²) >= 11 is 0. The standard InChI is InChI=1S/C30H31F2N3O4/c1-19(33-29(37)22-3-7-24(31)8-4-22)30(38)35-15-13-21(14-16-35)20-5-10-26(11-6-20)34-28(36)18-23-17-25(32)9-12-27(23)39-2/h3-12,17,19,21H,13-16,18H2,1-2H3,(H,33,37)(H,34,36). The molecule has 1 aliphatic rings. The molecule has 204 valence electrons. The van der Waals surface area contributed by atoms with E-state index in [1.54, 1.807) is 11.8 Å². The lowest BCUT2D eigenvalue weighted by Gasteiger charge is -2.34. The summed E-state index contributed by atoms with van der Waals surface area (Å²) in [7, 11) is 1.47. The molecule has 1 saturated heterocycles. The number of carbonyl (C=O) groups excluding carboxylic acids is 3. The van der Waals surface area contributed by atoms with E-state index in [0.717, 1.165) is 18.4 Å². The largest absolute Gasteiger partial charge is 0.496 e. The monoisotopic (exact) mass is 535 g/mol. The molecule has 3 aromatic rings. The van der Waals surface area contributed by atoms with Crippen LogP contribution in [-0.4, -0.2) is 48.9 Å². The van der Waals surface area contributed by atoms with E-state index >= 15 is 0 Å². The Kier molecular flexibility index (Phi) is 8.91. The van der Waals surface area contributed by atoms with E-state index in [-0.39, 0.29) is 24.2 Å². The molecule has 9 heteroatoms. The molecule has 39 heavy (non-hydrogen) atoms. The number of piperidine rings is 1. The Morgan fingerprint density at radius 2 is 1.59 bits per heavy atom. The average molecular weight is 536 g/mol. The van der Waals surface area contributed by atoms with Crippen molar-refractivity contribution in [3.8, 4) is 5.75 Å². The molecule has 1 fully saturated rings. The Morgan fingerprint density at radius 1 is 0.949 bits per heavy atom. The smallest absolute Gasteiger partial charge is 0.251 e. The van der Waals surface area contributed by atoms with Crippen LogP contribution in [-0.2, 0) is 16.0 Å². The number of carbonyl (C=O) groups is 3. The van der Waals surface area contributed by atoms with Crippen LogP contribution in [0.2, 0.25) is 0 Å². The molecule has 0 spiro atoms. The molecular formula is C30H31F2N3O4. The second kappa shape index (κ2) is 12.5. The zero-order valence-electron chi connectivity index (χ0n) is 21.9. The second-order valence-electron chi connectivity index (χ2n) is 9.60. The summed E-state index contributed by atoms with van der Waals surface area (Å²) in [6, 6.07) is 16.1. The molecule has 0 bridgehead atoms. The van der Waals surface area contributed by atoms with Gasteiger partial charge in [0.2, 0.25) is 11.8 Å². The van der Waals surface area contributed by atoms with Crippen LogP contribution in [0.25, 0.3) is 0 Å². The quantitative estimate of drug-likeness (QED) is 0.439. The second-order valence-corrected chi connectivity index (χ2v) is 9.60. The van der Waals surface area contributed by atoms with Crippen molar-refractivity contribution in [2.75, 3.05) is 25.5 Å². The van der Waals surface area contributed by atoms with Gasteiger partial charge in [-0.25, -0.2) is 8.78 Å². The molecule has 0 aliphatic carbocycles. The minimum Gasteiger partial charge on any atom is -0.496 e. The van der Waals surface area contributed by atoms with Gasteiger partial charge in [0.15, 0.2) is 0 Å². The Morgan fingerprint density at radius 3 is 2.23 bits per heavy atom. The van der Waals surface area contributed by atoms with Crippen molar-refractivity contribution in [2.45, 2.75) is 38.1 Å². The van der Waals surface area contributed by atoms with E-state index in [1.165, 1.54) is 49.6 Å². The van der Waals surface area contributed by atoms with Crippen molar-refractivity contribution in [2.24, 2.45) is 0 Å². The highest BCUT2D eigenvalue weighted by Gasteiger charge is 2.27. The summed E-state index contributed by atoms with van der Waals surface area (Å²) in [6.45, 7) is 2.77. The Bertz CT molecular complexity index is 1320. The number of likely N-dealkylation sites (tertiary alicyclic amines) is 1. The highest BCUT2D eigenvalue weighted by molar-refractivity contribution is 5.97. The third-order valence-electron chi connectivity index (χ3n) is 6.89. The van der Waals surface area contributed by atoms with Crippen LogP contribution in [0.5, 0.6) is 5.75 Å². The van der Waals surface area contributed by atoms with Gasteiger partial charge in [-0.1, -0.05) is 12.1 Å². The minimum absolute atomic E-state index is 0.0159. The molecule has 3 amide bonds. The molecule has 0 radical (unpaired) electrons. The van der Waals surface area contributed by atoms with Crippen molar-refractivity contribution in [3.05, 3.63) is 95.1 Å². The fourth-order valence-electron chi connectivity index (χ4n) is 4.75. The first-order valence-corrected chi connectivity index (χ1v) is 12.8. The minimum atomic E-state index is -0.700. The lowest BCUT2D eigenvalue weighted by Crippen LogP contribution is -2.49. The molecule has 0 saturated carbocycles. The summed E-state index contributed by atoms with van der Waals surface area (Å²) in [5.41, 5.74) is 2.52. The lowest BCUT2D eigenvalue weighted by atomic mass is 9.89. The van der Waals surface area contributed by atoms with Crippen LogP contribution in [0.1, 0.15) is 47.2 Å². The fraction of sp³-hybridized carbons (Fsp3) is 0.300. The van der Waals surface area contributed by atoms with Gasteiger partial charge < -0.3 is 20.3 Å². The first-order chi connectivity index (χ1) is 18.7. The molecule has 3 aromatic carbocycles. The van der Waals surface area contributed by atoms with Gasteiger partial charge in [-0.3, -0.25) is 14.4 Å². The molecule has 1 aliphatic heterocycles. The number of benzene rings is 3. The predicted molar refractivity (Wildman–Crippen MR) is 144 cm³/mol. The number of rotatable bonds is 8. The highest BCUT2D eigenvalue weighted by atomic mass is 19.1. The van der Waals surface area contributed by atoms with Gasteiger partial charge in [0.25, 0.3) is 5.91 Å². The highest BCUT2D eigenvalue weighted by Crippen LogP contribution is 2.29. The molecule has 0 aromatic heterocycles. The maximum absolute atomic E-state index is 13.6. The van der Waals surface area contributed by atoms with E-state index < -0.39 is 23.6 Å². The molecule has 1 heterocycles. The summed E-state index contributed by atoms with van der Waals surface area (Å²) < 4.78 is 31.9. The predicted octanol–water partition coefficient (Wildman–Crippen LogP) is 4.68. The van der Waals surface area contributed by atoms with Crippen molar-refractivity contribution in [1.29, 1.82) is 0 Å². The van der Waals surface area contributed by atoms with E-state index in [0.29, 0.717) is 35.7 Å². The van der Waals surface area contributed by atoms with Gasteiger partial charge in [-0.05, 0) is 85.8 Å². The van der Waals surface area contributed by atoms with Crippen molar-refractivity contribution >= 4 is 23.4 Å². The summed E-state index contributed by atoms with van der Waals surface area (Å²) in [5, 5.41) is 5.52. The topological polar surface area (TPSA) is 87.7 Å². The van der Waals surface area contributed by atoms with Gasteiger partial charge in [-0.15, -0.1) is 0 Å². The number of amides is 3. The molecular weight excluding hydrogens is 504 g/mol. The molecule has 4 rings (SSSR count). The first kappa shape index (κ1) is 27.8. The SMILES string of the molecule is COc1ccc(F)cc1CC(=O)Nc1ccc(C2CCN(C(=O)C(C)NC(=O)c3ccc(F)cc3)CC2)cc1. The van der Waals surface area contributed by atoms with Gasteiger partial charge in [0.05, 0.1) is 13.5 Å². The average Bonchev–Trinajstić information content (AvgIpc) is 2.93. The number of halogens is 2. The first-order valence-electron chi connectivity index (χ1n) is 12.8. The van der Waals surface area contributed by atoms with E-state index in [9.17, 15) is 23.2 Å². The molecule has 1 atom stereocenters. The number of hydrogen-bond acceptors (Lipinski definition) is 4. The van der Waals surface area contributed by atoms with Gasteiger partial charge in [0.1, 0.15) is 23.4 Å². The number of anilines is 1. The number of hydrogen-bond donors (Lipinski definition) is 2. The molecule has 2 N–H and O–H groups in total. The van der Waals surface area contributed by atoms with Gasteiger partial charge >= 0.3 is 0 Å². The zero-order chi connectivity index (χ0) is 27.9. The zero-order valence-corrected chi connectivity index (χ0v) is 21.9. The Hall–Kier alpha value is -4.27.